The van der Waals surface area contributed by atoms with E-state index >= 15 is 0 Å². The zero-order valence-corrected chi connectivity index (χ0v) is 9.31. The summed E-state index contributed by atoms with van der Waals surface area (Å²) in [7, 11) is 1.42. The van der Waals surface area contributed by atoms with Crippen LogP contribution in [0.2, 0.25) is 0 Å². The summed E-state index contributed by atoms with van der Waals surface area (Å²) < 4.78 is 4.64. The lowest BCUT2D eigenvalue weighted by Crippen LogP contribution is -2.41. The Bertz CT molecular complexity index is 161. The second-order valence-electron chi connectivity index (χ2n) is 4.26. The molecule has 0 aromatic heterocycles. The highest BCUT2D eigenvalue weighted by atomic mass is 16.5. The molecular weight excluding hydrogens is 166 g/mol. The number of hydrogen-bond acceptors (Lipinski definition) is 3. The minimum atomic E-state index is -0.152. The molecule has 0 spiro atoms. The summed E-state index contributed by atoms with van der Waals surface area (Å²) in [5, 5.41) is 3.29. The summed E-state index contributed by atoms with van der Waals surface area (Å²) in [5.41, 5.74) is 0.0875. The van der Waals surface area contributed by atoms with Crippen molar-refractivity contribution in [1.82, 2.24) is 5.32 Å². The summed E-state index contributed by atoms with van der Waals surface area (Å²) in [5.74, 6) is -0.152. The fourth-order valence-electron chi connectivity index (χ4n) is 1.18. The number of ether oxygens (including phenoxy) is 1. The molecule has 0 rings (SSSR count). The van der Waals surface area contributed by atoms with Crippen molar-refractivity contribution in [2.45, 2.75) is 40.2 Å². The highest BCUT2D eigenvalue weighted by Gasteiger charge is 2.26. The molecule has 0 heterocycles. The lowest BCUT2D eigenvalue weighted by Gasteiger charge is -2.30. The van der Waals surface area contributed by atoms with E-state index in [4.69, 9.17) is 0 Å². The van der Waals surface area contributed by atoms with Crippen LogP contribution in [0, 0.1) is 5.41 Å². The average molecular weight is 187 g/mol. The topological polar surface area (TPSA) is 38.3 Å². The van der Waals surface area contributed by atoms with Gasteiger partial charge in [-0.25, -0.2) is 0 Å². The maximum atomic E-state index is 11.1. The number of methoxy groups -OCH3 is 1. The first kappa shape index (κ1) is 12.4. The Hall–Kier alpha value is -0.570. The number of esters is 1. The van der Waals surface area contributed by atoms with Crippen LogP contribution in [0.15, 0.2) is 0 Å². The van der Waals surface area contributed by atoms with Crippen LogP contribution in [-0.4, -0.2) is 25.7 Å². The fourth-order valence-corrected chi connectivity index (χ4v) is 1.18. The van der Waals surface area contributed by atoms with Crippen LogP contribution >= 0.6 is 0 Å². The Balaban J connectivity index is 4.18. The molecule has 0 fully saturated rings. The Morgan fingerprint density at radius 2 is 2.00 bits per heavy atom. The number of hydrogen-bond donors (Lipinski definition) is 1. The quantitative estimate of drug-likeness (QED) is 0.679. The highest BCUT2D eigenvalue weighted by molar-refractivity contribution is 5.70. The van der Waals surface area contributed by atoms with Crippen LogP contribution in [0.3, 0.4) is 0 Å². The molecule has 0 aliphatic carbocycles. The van der Waals surface area contributed by atoms with Gasteiger partial charge in [0.1, 0.15) is 0 Å². The molecule has 0 aliphatic heterocycles. The van der Waals surface area contributed by atoms with Crippen molar-refractivity contribution in [3.8, 4) is 0 Å². The number of carbonyl (C=O) groups excluding carboxylic acids is 1. The molecule has 3 heteroatoms. The zero-order chi connectivity index (χ0) is 10.5. The second-order valence-corrected chi connectivity index (χ2v) is 4.26. The molecule has 0 saturated heterocycles. The van der Waals surface area contributed by atoms with Gasteiger partial charge in [-0.05, 0) is 12.0 Å². The molecule has 1 N–H and O–H groups in total. The molecule has 1 atom stereocenters. The average Bonchev–Trinajstić information content (AvgIpc) is 2.01. The first-order valence-electron chi connectivity index (χ1n) is 4.72. The van der Waals surface area contributed by atoms with Crippen molar-refractivity contribution in [2.24, 2.45) is 5.41 Å². The molecular formula is C10H21NO2. The van der Waals surface area contributed by atoms with Gasteiger partial charge in [0.05, 0.1) is 13.5 Å². The third-order valence-corrected chi connectivity index (χ3v) is 2.09. The first-order valence-corrected chi connectivity index (χ1v) is 4.72. The molecule has 0 aromatic carbocycles. The molecule has 0 radical (unpaired) electrons. The van der Waals surface area contributed by atoms with Gasteiger partial charge < -0.3 is 10.1 Å². The Morgan fingerprint density at radius 3 is 2.31 bits per heavy atom. The molecule has 13 heavy (non-hydrogen) atoms. The van der Waals surface area contributed by atoms with E-state index in [1.807, 2.05) is 6.92 Å². The standard InChI is InChI=1S/C10H21NO2/c1-6-11-8(10(2,3)4)7-9(12)13-5/h8,11H,6-7H2,1-5H3. The van der Waals surface area contributed by atoms with E-state index < -0.39 is 0 Å². The largest absolute Gasteiger partial charge is 0.469 e. The normalized spacial score (nSPS) is 13.9. The molecule has 0 saturated carbocycles. The van der Waals surface area contributed by atoms with E-state index in [9.17, 15) is 4.79 Å². The van der Waals surface area contributed by atoms with Gasteiger partial charge in [-0.3, -0.25) is 4.79 Å². The fraction of sp³-hybridized carbons (Fsp3) is 0.900. The van der Waals surface area contributed by atoms with Gasteiger partial charge in [0.2, 0.25) is 0 Å². The van der Waals surface area contributed by atoms with Crippen molar-refractivity contribution >= 4 is 5.97 Å². The number of rotatable bonds is 4. The van der Waals surface area contributed by atoms with Gasteiger partial charge in [0.25, 0.3) is 0 Å². The molecule has 1 unspecified atom stereocenters. The van der Waals surface area contributed by atoms with Crippen LogP contribution in [0.5, 0.6) is 0 Å². The van der Waals surface area contributed by atoms with Gasteiger partial charge in [-0.15, -0.1) is 0 Å². The highest BCUT2D eigenvalue weighted by Crippen LogP contribution is 2.21. The van der Waals surface area contributed by atoms with Crippen LogP contribution in [0.1, 0.15) is 34.1 Å². The first-order chi connectivity index (χ1) is 5.91. The number of nitrogens with one attached hydrogen (secondary N) is 1. The SMILES string of the molecule is CCNC(CC(=O)OC)C(C)(C)C. The monoisotopic (exact) mass is 187 g/mol. The predicted molar refractivity (Wildman–Crippen MR) is 53.6 cm³/mol. The van der Waals surface area contributed by atoms with Crippen molar-refractivity contribution < 1.29 is 9.53 Å². The summed E-state index contributed by atoms with van der Waals surface area (Å²) in [4.78, 5) is 11.1. The Kier molecular flexibility index (Phi) is 4.99. The molecule has 3 nitrogen and oxygen atoms in total. The molecule has 78 valence electrons. The smallest absolute Gasteiger partial charge is 0.307 e. The lowest BCUT2D eigenvalue weighted by molar-refractivity contribution is -0.141. The van der Waals surface area contributed by atoms with E-state index in [-0.39, 0.29) is 17.4 Å². The molecule has 0 aromatic rings. The van der Waals surface area contributed by atoms with Crippen molar-refractivity contribution in [3.63, 3.8) is 0 Å². The van der Waals surface area contributed by atoms with E-state index in [2.05, 4.69) is 30.8 Å². The third-order valence-electron chi connectivity index (χ3n) is 2.09. The van der Waals surface area contributed by atoms with Gasteiger partial charge in [-0.2, -0.15) is 0 Å². The van der Waals surface area contributed by atoms with Crippen LogP contribution < -0.4 is 5.32 Å². The van der Waals surface area contributed by atoms with E-state index in [0.29, 0.717) is 6.42 Å². The van der Waals surface area contributed by atoms with E-state index in [0.717, 1.165) is 6.54 Å². The van der Waals surface area contributed by atoms with Crippen molar-refractivity contribution in [2.75, 3.05) is 13.7 Å². The number of carbonyl (C=O) groups is 1. The van der Waals surface area contributed by atoms with E-state index in [1.165, 1.54) is 7.11 Å². The maximum absolute atomic E-state index is 11.1. The van der Waals surface area contributed by atoms with Gasteiger partial charge in [0.15, 0.2) is 0 Å². The van der Waals surface area contributed by atoms with Crippen LogP contribution in [0.25, 0.3) is 0 Å². The molecule has 0 amide bonds. The lowest BCUT2D eigenvalue weighted by atomic mass is 9.85. The molecule has 0 bridgehead atoms. The minimum Gasteiger partial charge on any atom is -0.469 e. The van der Waals surface area contributed by atoms with Crippen molar-refractivity contribution in [1.29, 1.82) is 0 Å². The summed E-state index contributed by atoms with van der Waals surface area (Å²) in [6, 6.07) is 0.185. The maximum Gasteiger partial charge on any atom is 0.307 e. The van der Waals surface area contributed by atoms with E-state index in [1.54, 1.807) is 0 Å². The third kappa shape index (κ3) is 4.88. The zero-order valence-electron chi connectivity index (χ0n) is 9.31. The second kappa shape index (κ2) is 5.22. The summed E-state index contributed by atoms with van der Waals surface area (Å²) in [6.45, 7) is 9.25. The van der Waals surface area contributed by atoms with Gasteiger partial charge in [0, 0.05) is 6.04 Å². The van der Waals surface area contributed by atoms with Crippen LogP contribution in [0.4, 0.5) is 0 Å². The summed E-state index contributed by atoms with van der Waals surface area (Å²) >= 11 is 0. The van der Waals surface area contributed by atoms with Gasteiger partial charge in [-0.1, -0.05) is 27.7 Å². The van der Waals surface area contributed by atoms with Crippen molar-refractivity contribution in [3.05, 3.63) is 0 Å². The minimum absolute atomic E-state index is 0.0875. The molecule has 0 aliphatic rings. The predicted octanol–water partition coefficient (Wildman–Crippen LogP) is 1.57. The van der Waals surface area contributed by atoms with Gasteiger partial charge >= 0.3 is 5.97 Å². The van der Waals surface area contributed by atoms with Crippen LogP contribution in [-0.2, 0) is 9.53 Å². The Morgan fingerprint density at radius 1 is 1.46 bits per heavy atom. The Labute approximate surface area is 80.8 Å². The summed E-state index contributed by atoms with van der Waals surface area (Å²) in [6.07, 6.45) is 0.438.